The summed E-state index contributed by atoms with van der Waals surface area (Å²) in [5, 5.41) is 7.40. The number of aromatic nitrogens is 4. The summed E-state index contributed by atoms with van der Waals surface area (Å²) in [6, 6.07) is 10.9. The topological polar surface area (TPSA) is 84.7 Å². The molecule has 0 amide bonds. The number of nitrogens with zero attached hydrogens (tertiary/aromatic N) is 3. The van der Waals surface area contributed by atoms with E-state index in [0.29, 0.717) is 5.82 Å². The number of nitrogens with one attached hydrogen (secondary N) is 2. The van der Waals surface area contributed by atoms with Crippen molar-refractivity contribution in [3.8, 4) is 5.69 Å². The molecule has 7 nitrogen and oxygen atoms in total. The van der Waals surface area contributed by atoms with Crippen LogP contribution in [-0.2, 0) is 0 Å². The predicted octanol–water partition coefficient (Wildman–Crippen LogP) is 2.48. The third kappa shape index (κ3) is 3.55. The number of benzene rings is 1. The van der Waals surface area contributed by atoms with Crippen LogP contribution in [0.3, 0.4) is 0 Å². The van der Waals surface area contributed by atoms with Crippen molar-refractivity contribution < 1.29 is 0 Å². The normalized spacial score (nSPS) is 12.3. The van der Waals surface area contributed by atoms with Crippen LogP contribution >= 0.6 is 0 Å². The van der Waals surface area contributed by atoms with Gasteiger partial charge in [0.1, 0.15) is 5.82 Å². The van der Waals surface area contributed by atoms with Gasteiger partial charge < -0.3 is 5.32 Å². The Morgan fingerprint density at radius 1 is 1.12 bits per heavy atom. The van der Waals surface area contributed by atoms with Gasteiger partial charge in [-0.05, 0) is 44.5 Å². The van der Waals surface area contributed by atoms with E-state index in [4.69, 9.17) is 0 Å². The fourth-order valence-corrected chi connectivity index (χ4v) is 2.75. The SMILES string of the molecule is CC(Nc1cc(=O)n(C(C)C)c(=O)[nH]1)c1cccc(-n2cccn2)c1. The van der Waals surface area contributed by atoms with Crippen molar-refractivity contribution in [2.75, 3.05) is 5.32 Å². The van der Waals surface area contributed by atoms with Gasteiger partial charge in [-0.2, -0.15) is 5.10 Å². The molecule has 130 valence electrons. The van der Waals surface area contributed by atoms with E-state index < -0.39 is 5.69 Å². The molecule has 0 aliphatic rings. The summed E-state index contributed by atoms with van der Waals surface area (Å²) in [7, 11) is 0. The van der Waals surface area contributed by atoms with E-state index in [9.17, 15) is 9.59 Å². The van der Waals surface area contributed by atoms with Crippen LogP contribution in [0.2, 0.25) is 0 Å². The Morgan fingerprint density at radius 3 is 2.56 bits per heavy atom. The summed E-state index contributed by atoms with van der Waals surface area (Å²) in [5.41, 5.74) is 1.22. The van der Waals surface area contributed by atoms with E-state index >= 15 is 0 Å². The van der Waals surface area contributed by atoms with Crippen molar-refractivity contribution in [1.82, 2.24) is 19.3 Å². The van der Waals surface area contributed by atoms with Crippen molar-refractivity contribution in [1.29, 1.82) is 0 Å². The number of anilines is 1. The molecule has 1 atom stereocenters. The summed E-state index contributed by atoms with van der Waals surface area (Å²) in [4.78, 5) is 26.9. The standard InChI is InChI=1S/C18H21N5O2/c1-12(2)23-17(24)11-16(21-18(23)25)20-13(3)14-6-4-7-15(10-14)22-9-5-8-19-22/h4-13,20H,1-3H3,(H,21,25). The second-order valence-corrected chi connectivity index (χ2v) is 6.20. The average molecular weight is 339 g/mol. The molecular formula is C18H21N5O2. The molecule has 3 rings (SSSR count). The van der Waals surface area contributed by atoms with Gasteiger partial charge in [0.15, 0.2) is 0 Å². The predicted molar refractivity (Wildman–Crippen MR) is 97.3 cm³/mol. The lowest BCUT2D eigenvalue weighted by molar-refractivity contribution is 0.546. The van der Waals surface area contributed by atoms with Gasteiger partial charge in [0.25, 0.3) is 5.56 Å². The third-order valence-corrected chi connectivity index (χ3v) is 3.99. The Bertz CT molecular complexity index is 938. The number of hydrogen-bond donors (Lipinski definition) is 2. The minimum Gasteiger partial charge on any atom is -0.365 e. The summed E-state index contributed by atoms with van der Waals surface area (Å²) in [6.07, 6.45) is 3.60. The van der Waals surface area contributed by atoms with E-state index in [0.717, 1.165) is 11.3 Å². The zero-order valence-electron chi connectivity index (χ0n) is 14.4. The second kappa shape index (κ2) is 6.80. The molecule has 2 aromatic heterocycles. The highest BCUT2D eigenvalue weighted by atomic mass is 16.2. The molecule has 0 aliphatic heterocycles. The molecular weight excluding hydrogens is 318 g/mol. The van der Waals surface area contributed by atoms with Gasteiger partial charge in [-0.3, -0.25) is 14.3 Å². The van der Waals surface area contributed by atoms with Crippen LogP contribution in [0, 0.1) is 0 Å². The van der Waals surface area contributed by atoms with Crippen LogP contribution in [0.1, 0.15) is 38.4 Å². The Labute approximate surface area is 144 Å². The first kappa shape index (κ1) is 16.8. The lowest BCUT2D eigenvalue weighted by atomic mass is 10.1. The highest BCUT2D eigenvalue weighted by Crippen LogP contribution is 2.19. The highest BCUT2D eigenvalue weighted by Gasteiger charge is 2.11. The molecule has 0 bridgehead atoms. The number of hydrogen-bond acceptors (Lipinski definition) is 4. The number of H-pyrrole nitrogens is 1. The maximum Gasteiger partial charge on any atom is 0.330 e. The molecule has 0 saturated heterocycles. The minimum absolute atomic E-state index is 0.0968. The van der Waals surface area contributed by atoms with E-state index in [1.54, 1.807) is 24.7 Å². The molecule has 0 aliphatic carbocycles. The van der Waals surface area contributed by atoms with Gasteiger partial charge >= 0.3 is 5.69 Å². The zero-order valence-corrected chi connectivity index (χ0v) is 14.4. The van der Waals surface area contributed by atoms with Crippen LogP contribution < -0.4 is 16.6 Å². The van der Waals surface area contributed by atoms with Crippen molar-refractivity contribution in [2.45, 2.75) is 32.9 Å². The molecule has 0 fully saturated rings. The maximum atomic E-state index is 12.1. The van der Waals surface area contributed by atoms with Crippen molar-refractivity contribution in [2.24, 2.45) is 0 Å². The molecule has 0 saturated carbocycles. The fraction of sp³-hybridized carbons (Fsp3) is 0.278. The molecule has 2 heterocycles. The fourth-order valence-electron chi connectivity index (χ4n) is 2.75. The third-order valence-electron chi connectivity index (χ3n) is 3.99. The van der Waals surface area contributed by atoms with Crippen LogP contribution in [0.4, 0.5) is 5.82 Å². The van der Waals surface area contributed by atoms with Gasteiger partial charge in [0, 0.05) is 30.5 Å². The Hall–Kier alpha value is -3.09. The smallest absolute Gasteiger partial charge is 0.330 e. The van der Waals surface area contributed by atoms with E-state index in [2.05, 4.69) is 15.4 Å². The van der Waals surface area contributed by atoms with E-state index in [1.165, 1.54) is 10.6 Å². The highest BCUT2D eigenvalue weighted by molar-refractivity contribution is 5.41. The molecule has 0 radical (unpaired) electrons. The first-order valence-electron chi connectivity index (χ1n) is 8.18. The zero-order chi connectivity index (χ0) is 18.0. The summed E-state index contributed by atoms with van der Waals surface area (Å²) < 4.78 is 2.97. The van der Waals surface area contributed by atoms with E-state index in [-0.39, 0.29) is 17.6 Å². The van der Waals surface area contributed by atoms with E-state index in [1.807, 2.05) is 43.5 Å². The minimum atomic E-state index is -0.414. The maximum absolute atomic E-state index is 12.1. The molecule has 1 aromatic carbocycles. The van der Waals surface area contributed by atoms with Gasteiger partial charge in [-0.1, -0.05) is 12.1 Å². The quantitative estimate of drug-likeness (QED) is 0.748. The summed E-state index contributed by atoms with van der Waals surface area (Å²) in [5.74, 6) is 0.406. The van der Waals surface area contributed by atoms with Gasteiger partial charge in [0.2, 0.25) is 0 Å². The molecule has 25 heavy (non-hydrogen) atoms. The van der Waals surface area contributed by atoms with Crippen LogP contribution in [0.5, 0.6) is 0 Å². The molecule has 1 unspecified atom stereocenters. The average Bonchev–Trinajstić information content (AvgIpc) is 3.08. The first-order valence-corrected chi connectivity index (χ1v) is 8.18. The monoisotopic (exact) mass is 339 g/mol. The first-order chi connectivity index (χ1) is 12.0. The molecule has 0 spiro atoms. The van der Waals surface area contributed by atoms with Gasteiger partial charge in [-0.25, -0.2) is 9.48 Å². The van der Waals surface area contributed by atoms with Crippen LogP contribution in [0.25, 0.3) is 5.69 Å². The Kier molecular flexibility index (Phi) is 4.56. The van der Waals surface area contributed by atoms with Crippen LogP contribution in [-0.4, -0.2) is 19.3 Å². The Balaban J connectivity index is 1.86. The van der Waals surface area contributed by atoms with Crippen LogP contribution in [0.15, 0.2) is 58.4 Å². The van der Waals surface area contributed by atoms with Crippen molar-refractivity contribution in [3.05, 3.63) is 75.2 Å². The lowest BCUT2D eigenvalue weighted by Gasteiger charge is -2.17. The van der Waals surface area contributed by atoms with Gasteiger partial charge in [0.05, 0.1) is 5.69 Å². The molecule has 3 aromatic rings. The lowest BCUT2D eigenvalue weighted by Crippen LogP contribution is -2.36. The van der Waals surface area contributed by atoms with Gasteiger partial charge in [-0.15, -0.1) is 0 Å². The Morgan fingerprint density at radius 2 is 1.92 bits per heavy atom. The number of rotatable bonds is 5. The second-order valence-electron chi connectivity index (χ2n) is 6.20. The van der Waals surface area contributed by atoms with Crippen molar-refractivity contribution in [3.63, 3.8) is 0 Å². The largest absolute Gasteiger partial charge is 0.365 e. The summed E-state index contributed by atoms with van der Waals surface area (Å²) in [6.45, 7) is 5.56. The number of aromatic amines is 1. The summed E-state index contributed by atoms with van der Waals surface area (Å²) >= 11 is 0. The van der Waals surface area contributed by atoms with Crippen molar-refractivity contribution >= 4 is 5.82 Å². The molecule has 7 heteroatoms. The molecule has 2 N–H and O–H groups in total.